The SMILES string of the molecule is O=C(Nc1cccc2c1CNCC2)C1CCCCS1. The number of rotatable bonds is 2. The lowest BCUT2D eigenvalue weighted by molar-refractivity contribution is -0.115. The number of hydrogen-bond acceptors (Lipinski definition) is 3. The molecule has 2 N–H and O–H groups in total. The van der Waals surface area contributed by atoms with Crippen molar-refractivity contribution < 1.29 is 4.79 Å². The molecule has 1 aromatic carbocycles. The Labute approximate surface area is 118 Å². The van der Waals surface area contributed by atoms with Crippen LogP contribution in [0.15, 0.2) is 18.2 Å². The third kappa shape index (κ3) is 2.95. The molecule has 1 amide bonds. The lowest BCUT2D eigenvalue weighted by atomic mass is 9.99. The Bertz CT molecular complexity index is 469. The van der Waals surface area contributed by atoms with E-state index in [2.05, 4.69) is 16.7 Å². The minimum atomic E-state index is 0.140. The van der Waals surface area contributed by atoms with Gasteiger partial charge in [-0.15, -0.1) is 11.8 Å². The second kappa shape index (κ2) is 5.97. The van der Waals surface area contributed by atoms with E-state index in [1.807, 2.05) is 12.1 Å². The van der Waals surface area contributed by atoms with Gasteiger partial charge in [-0.2, -0.15) is 0 Å². The second-order valence-corrected chi connectivity index (χ2v) is 6.53. The average Bonchev–Trinajstić information content (AvgIpc) is 2.48. The van der Waals surface area contributed by atoms with E-state index >= 15 is 0 Å². The van der Waals surface area contributed by atoms with E-state index in [-0.39, 0.29) is 11.2 Å². The Morgan fingerprint density at radius 1 is 1.37 bits per heavy atom. The molecule has 1 unspecified atom stereocenters. The van der Waals surface area contributed by atoms with Gasteiger partial charge in [0.1, 0.15) is 0 Å². The molecule has 0 bridgehead atoms. The molecule has 2 heterocycles. The summed E-state index contributed by atoms with van der Waals surface area (Å²) >= 11 is 1.80. The maximum Gasteiger partial charge on any atom is 0.237 e. The Morgan fingerprint density at radius 2 is 2.32 bits per heavy atom. The monoisotopic (exact) mass is 276 g/mol. The molecule has 2 aliphatic rings. The summed E-state index contributed by atoms with van der Waals surface area (Å²) in [7, 11) is 0. The van der Waals surface area contributed by atoms with Crippen molar-refractivity contribution in [1.29, 1.82) is 0 Å². The van der Waals surface area contributed by atoms with Gasteiger partial charge in [0.25, 0.3) is 0 Å². The van der Waals surface area contributed by atoms with Crippen LogP contribution < -0.4 is 10.6 Å². The number of anilines is 1. The van der Waals surface area contributed by atoms with Crippen molar-refractivity contribution in [2.75, 3.05) is 17.6 Å². The Morgan fingerprint density at radius 3 is 3.16 bits per heavy atom. The largest absolute Gasteiger partial charge is 0.325 e. The molecule has 19 heavy (non-hydrogen) atoms. The van der Waals surface area contributed by atoms with Crippen molar-refractivity contribution in [3.05, 3.63) is 29.3 Å². The standard InChI is InChI=1S/C15H20N2OS/c18-15(14-6-1-2-9-19-14)17-13-5-3-4-11-7-8-16-10-12(11)13/h3-5,14,16H,1-2,6-10H2,(H,17,18). The zero-order valence-electron chi connectivity index (χ0n) is 11.1. The summed E-state index contributed by atoms with van der Waals surface area (Å²) in [5, 5.41) is 6.66. The van der Waals surface area contributed by atoms with Crippen molar-refractivity contribution in [1.82, 2.24) is 5.32 Å². The molecule has 4 heteroatoms. The summed E-state index contributed by atoms with van der Waals surface area (Å²) in [5.74, 6) is 1.30. The summed E-state index contributed by atoms with van der Waals surface area (Å²) in [4.78, 5) is 12.3. The molecule has 1 aromatic rings. The molecule has 3 nitrogen and oxygen atoms in total. The molecule has 0 saturated carbocycles. The van der Waals surface area contributed by atoms with Crippen LogP contribution in [0.25, 0.3) is 0 Å². The van der Waals surface area contributed by atoms with Crippen LogP contribution in [0.4, 0.5) is 5.69 Å². The van der Waals surface area contributed by atoms with Crippen LogP contribution in [0.2, 0.25) is 0 Å². The van der Waals surface area contributed by atoms with E-state index in [0.717, 1.165) is 37.4 Å². The minimum Gasteiger partial charge on any atom is -0.325 e. The molecule has 1 atom stereocenters. The summed E-state index contributed by atoms with van der Waals surface area (Å²) in [6.45, 7) is 1.90. The zero-order chi connectivity index (χ0) is 13.1. The topological polar surface area (TPSA) is 41.1 Å². The molecule has 0 radical (unpaired) electrons. The molecule has 0 spiro atoms. The Balaban J connectivity index is 1.74. The highest BCUT2D eigenvalue weighted by molar-refractivity contribution is 8.00. The molecular weight excluding hydrogens is 256 g/mol. The van der Waals surface area contributed by atoms with Gasteiger partial charge in [0, 0.05) is 12.2 Å². The lowest BCUT2D eigenvalue weighted by Gasteiger charge is -2.24. The number of nitrogens with one attached hydrogen (secondary N) is 2. The van der Waals surface area contributed by atoms with E-state index in [1.165, 1.54) is 24.0 Å². The van der Waals surface area contributed by atoms with Gasteiger partial charge in [0.15, 0.2) is 0 Å². The summed E-state index contributed by atoms with van der Waals surface area (Å²) < 4.78 is 0. The number of carbonyl (C=O) groups excluding carboxylic acids is 1. The highest BCUT2D eigenvalue weighted by Gasteiger charge is 2.23. The summed E-state index contributed by atoms with van der Waals surface area (Å²) in [5.41, 5.74) is 3.64. The third-order valence-corrected chi connectivity index (χ3v) is 5.25. The van der Waals surface area contributed by atoms with Gasteiger partial charge in [0.05, 0.1) is 5.25 Å². The third-order valence-electron chi connectivity index (χ3n) is 3.88. The molecule has 3 rings (SSSR count). The fourth-order valence-electron chi connectivity index (χ4n) is 2.79. The first-order chi connectivity index (χ1) is 9.34. The maximum atomic E-state index is 12.3. The van der Waals surface area contributed by atoms with Crippen molar-refractivity contribution in [3.8, 4) is 0 Å². The van der Waals surface area contributed by atoms with Gasteiger partial charge in [-0.3, -0.25) is 4.79 Å². The first-order valence-electron chi connectivity index (χ1n) is 7.08. The van der Waals surface area contributed by atoms with E-state index < -0.39 is 0 Å². The number of hydrogen-bond donors (Lipinski definition) is 2. The van der Waals surface area contributed by atoms with E-state index in [9.17, 15) is 4.79 Å². The van der Waals surface area contributed by atoms with Crippen molar-refractivity contribution in [3.63, 3.8) is 0 Å². The quantitative estimate of drug-likeness (QED) is 0.872. The van der Waals surface area contributed by atoms with Gasteiger partial charge in [0.2, 0.25) is 5.91 Å². The number of carbonyl (C=O) groups is 1. The van der Waals surface area contributed by atoms with Crippen molar-refractivity contribution in [2.24, 2.45) is 0 Å². The van der Waals surface area contributed by atoms with Crippen LogP contribution in [0.3, 0.4) is 0 Å². The van der Waals surface area contributed by atoms with Crippen LogP contribution in [-0.2, 0) is 17.8 Å². The summed E-state index contributed by atoms with van der Waals surface area (Å²) in [6.07, 6.45) is 4.50. The molecule has 1 saturated heterocycles. The molecule has 1 fully saturated rings. The molecule has 2 aliphatic heterocycles. The van der Waals surface area contributed by atoms with Gasteiger partial charge >= 0.3 is 0 Å². The second-order valence-electron chi connectivity index (χ2n) is 5.21. The minimum absolute atomic E-state index is 0.140. The average molecular weight is 276 g/mol. The number of thioether (sulfide) groups is 1. The van der Waals surface area contributed by atoms with Gasteiger partial charge < -0.3 is 10.6 Å². The Kier molecular flexibility index (Phi) is 4.09. The van der Waals surface area contributed by atoms with Crippen molar-refractivity contribution >= 4 is 23.4 Å². The van der Waals surface area contributed by atoms with Crippen LogP contribution >= 0.6 is 11.8 Å². The molecule has 0 aromatic heterocycles. The fraction of sp³-hybridized carbons (Fsp3) is 0.533. The highest BCUT2D eigenvalue weighted by atomic mass is 32.2. The Hall–Kier alpha value is -1.00. The predicted molar refractivity (Wildman–Crippen MR) is 80.6 cm³/mol. The number of fused-ring (bicyclic) bond motifs is 1. The van der Waals surface area contributed by atoms with Crippen molar-refractivity contribution in [2.45, 2.75) is 37.5 Å². The van der Waals surface area contributed by atoms with Gasteiger partial charge in [-0.1, -0.05) is 18.6 Å². The normalized spacial score (nSPS) is 22.6. The smallest absolute Gasteiger partial charge is 0.237 e. The van der Waals surface area contributed by atoms with Crippen LogP contribution in [0.1, 0.15) is 30.4 Å². The molecule has 102 valence electrons. The van der Waals surface area contributed by atoms with Gasteiger partial charge in [-0.25, -0.2) is 0 Å². The van der Waals surface area contributed by atoms with Crippen LogP contribution in [0, 0.1) is 0 Å². The van der Waals surface area contributed by atoms with E-state index in [0.29, 0.717) is 0 Å². The lowest BCUT2D eigenvalue weighted by Crippen LogP contribution is -2.30. The first-order valence-corrected chi connectivity index (χ1v) is 8.13. The van der Waals surface area contributed by atoms with Gasteiger partial charge in [-0.05, 0) is 48.8 Å². The number of amides is 1. The predicted octanol–water partition coefficient (Wildman–Crippen LogP) is 2.56. The first kappa shape index (κ1) is 13.0. The summed E-state index contributed by atoms with van der Waals surface area (Å²) in [6, 6.07) is 6.24. The fourth-order valence-corrected chi connectivity index (χ4v) is 3.99. The van der Waals surface area contributed by atoms with E-state index in [1.54, 1.807) is 11.8 Å². The van der Waals surface area contributed by atoms with E-state index in [4.69, 9.17) is 0 Å². The highest BCUT2D eigenvalue weighted by Crippen LogP contribution is 2.28. The maximum absolute atomic E-state index is 12.3. The molecule has 0 aliphatic carbocycles. The zero-order valence-corrected chi connectivity index (χ0v) is 11.9. The van der Waals surface area contributed by atoms with Crippen LogP contribution in [-0.4, -0.2) is 23.5 Å². The van der Waals surface area contributed by atoms with Crippen LogP contribution in [0.5, 0.6) is 0 Å². The number of benzene rings is 1. The molecular formula is C15H20N2OS.